The molecule has 47 heavy (non-hydrogen) atoms. The minimum Gasteiger partial charge on any atom is -0.378 e. The predicted octanol–water partition coefficient (Wildman–Crippen LogP) is 1.84. The molecule has 2 aromatic carbocycles. The Bertz CT molecular complexity index is 1390. The maximum absolute atomic E-state index is 13.5. The molecule has 0 saturated carbocycles. The van der Waals surface area contributed by atoms with Gasteiger partial charge in [0.1, 0.15) is 12.1 Å². The van der Waals surface area contributed by atoms with Gasteiger partial charge in [-0.05, 0) is 51.0 Å². The molecule has 2 N–H and O–H groups in total. The number of aryl methyl sites for hydroxylation is 2. The van der Waals surface area contributed by atoms with Crippen molar-refractivity contribution >= 4 is 31.9 Å². The molecule has 2 atom stereocenters. The second-order valence-corrected chi connectivity index (χ2v) is 14.7. The Morgan fingerprint density at radius 3 is 1.19 bits per heavy atom. The van der Waals surface area contributed by atoms with Gasteiger partial charge in [-0.15, -0.1) is 0 Å². The van der Waals surface area contributed by atoms with Crippen LogP contribution < -0.4 is 9.44 Å². The highest BCUT2D eigenvalue weighted by atomic mass is 32.2. The van der Waals surface area contributed by atoms with Gasteiger partial charge in [-0.1, -0.05) is 49.2 Å². The molecule has 1 fully saturated rings. The summed E-state index contributed by atoms with van der Waals surface area (Å²) in [7, 11) is -7.87. The summed E-state index contributed by atoms with van der Waals surface area (Å²) >= 11 is 0. The first kappa shape index (κ1) is 38.5. The average molecular weight is 697 g/mol. The van der Waals surface area contributed by atoms with Crippen LogP contribution in [0.5, 0.6) is 0 Å². The molecule has 0 radical (unpaired) electrons. The molecule has 0 aromatic heterocycles. The maximum atomic E-state index is 13.5. The molecule has 3 rings (SSSR count). The third-order valence-corrected chi connectivity index (χ3v) is 10.7. The van der Waals surface area contributed by atoms with Gasteiger partial charge in [-0.25, -0.2) is 16.8 Å². The van der Waals surface area contributed by atoms with Gasteiger partial charge in [0.25, 0.3) is 0 Å². The Hall–Kier alpha value is -2.92. The fraction of sp³-hybridized carbons (Fsp3) is 0.562. The fourth-order valence-electron chi connectivity index (χ4n) is 4.79. The predicted molar refractivity (Wildman–Crippen MR) is 177 cm³/mol. The summed E-state index contributed by atoms with van der Waals surface area (Å²) in [6.07, 6.45) is 0.471. The smallest absolute Gasteiger partial charge is 0.241 e. The summed E-state index contributed by atoms with van der Waals surface area (Å²) < 4.78 is 74.3. The molecule has 0 aliphatic carbocycles. The van der Waals surface area contributed by atoms with Crippen molar-refractivity contribution in [1.82, 2.24) is 19.2 Å². The van der Waals surface area contributed by atoms with Crippen molar-refractivity contribution < 1.29 is 40.6 Å². The van der Waals surface area contributed by atoms with Crippen LogP contribution in [-0.4, -0.2) is 116 Å². The molecular weight excluding hydrogens is 649 g/mol. The summed E-state index contributed by atoms with van der Waals surface area (Å²) in [4.78, 5) is 30.2. The number of carbonyl (C=O) groups is 2. The third-order valence-electron chi connectivity index (χ3n) is 7.69. The summed E-state index contributed by atoms with van der Waals surface area (Å²) in [6.45, 7) is 9.12. The number of hydrogen-bond donors (Lipinski definition) is 2. The Morgan fingerprint density at radius 1 is 0.596 bits per heavy atom. The minimum absolute atomic E-state index is 0.0745. The van der Waals surface area contributed by atoms with E-state index in [2.05, 4.69) is 9.44 Å². The van der Waals surface area contributed by atoms with Gasteiger partial charge in [0.05, 0.1) is 49.4 Å². The van der Waals surface area contributed by atoms with Crippen molar-refractivity contribution in [3.63, 3.8) is 0 Å². The largest absolute Gasteiger partial charge is 0.378 e. The van der Waals surface area contributed by atoms with Crippen molar-refractivity contribution in [3.05, 3.63) is 59.7 Å². The van der Waals surface area contributed by atoms with E-state index in [-0.39, 0.29) is 88.5 Å². The number of rotatable bonds is 10. The van der Waals surface area contributed by atoms with E-state index in [0.717, 1.165) is 11.1 Å². The van der Waals surface area contributed by atoms with Gasteiger partial charge < -0.3 is 24.0 Å². The van der Waals surface area contributed by atoms with Crippen LogP contribution in [0.1, 0.15) is 37.8 Å². The van der Waals surface area contributed by atoms with Crippen LogP contribution in [0.4, 0.5) is 0 Å². The highest BCUT2D eigenvalue weighted by Crippen LogP contribution is 2.14. The van der Waals surface area contributed by atoms with Gasteiger partial charge in [0.2, 0.25) is 31.9 Å². The number of nitrogens with zero attached hydrogens (tertiary/aromatic N) is 2. The van der Waals surface area contributed by atoms with E-state index < -0.39 is 43.9 Å². The molecular formula is C32H48N4O9S2. The lowest BCUT2D eigenvalue weighted by Crippen LogP contribution is -2.50. The Labute approximate surface area is 279 Å². The zero-order valence-electron chi connectivity index (χ0n) is 27.6. The molecule has 2 aromatic rings. The quantitative estimate of drug-likeness (QED) is 0.378. The number of nitrogens with one attached hydrogen (secondary N) is 2. The molecule has 2 amide bonds. The maximum Gasteiger partial charge on any atom is 0.241 e. The molecule has 13 nitrogen and oxygen atoms in total. The second-order valence-electron chi connectivity index (χ2n) is 11.3. The Kier molecular flexibility index (Phi) is 15.2. The number of amides is 2. The van der Waals surface area contributed by atoms with E-state index in [9.17, 15) is 26.4 Å². The summed E-state index contributed by atoms with van der Waals surface area (Å²) in [5.41, 5.74) is 1.83. The molecule has 1 saturated heterocycles. The minimum atomic E-state index is -3.93. The van der Waals surface area contributed by atoms with E-state index in [0.29, 0.717) is 0 Å². The number of ether oxygens (including phenoxy) is 3. The van der Waals surface area contributed by atoms with Crippen molar-refractivity contribution in [3.8, 4) is 0 Å². The second kappa shape index (κ2) is 18.6. The zero-order valence-corrected chi connectivity index (χ0v) is 29.3. The van der Waals surface area contributed by atoms with Crippen LogP contribution in [0.3, 0.4) is 0 Å². The number of hydrogen-bond acceptors (Lipinski definition) is 9. The number of carbonyl (C=O) groups excluding carboxylic acids is 2. The van der Waals surface area contributed by atoms with Gasteiger partial charge >= 0.3 is 0 Å². The van der Waals surface area contributed by atoms with Crippen LogP contribution in [0.2, 0.25) is 0 Å². The van der Waals surface area contributed by atoms with Crippen LogP contribution in [0.25, 0.3) is 0 Å². The van der Waals surface area contributed by atoms with Gasteiger partial charge in [-0.3, -0.25) is 9.59 Å². The molecule has 0 spiro atoms. The molecule has 1 aliphatic heterocycles. The molecule has 15 heteroatoms. The van der Waals surface area contributed by atoms with Crippen LogP contribution in [0, 0.1) is 13.8 Å². The van der Waals surface area contributed by atoms with Crippen LogP contribution in [-0.2, 0) is 43.8 Å². The first-order valence-corrected chi connectivity index (χ1v) is 18.8. The molecule has 0 bridgehead atoms. The molecule has 262 valence electrons. The van der Waals surface area contributed by atoms with Crippen molar-refractivity contribution in [2.45, 2.75) is 62.4 Å². The normalized spacial score (nSPS) is 17.7. The standard InChI is InChI=1S/C32H48N4O9S2/c1-5-29(33-46(39,40)27-11-7-25(3)8-12-27)31(37)35-15-19-43-20-16-36(18-22-45-24-23-44-21-17-35)32(38)30(6-2)34-47(41,42)28-13-9-26(4)10-14-28/h7-14,29-30,33-34H,5-6,15-24H2,1-4H3. The topological polar surface area (TPSA) is 161 Å². The van der Waals surface area contributed by atoms with E-state index in [1.807, 2.05) is 13.8 Å². The van der Waals surface area contributed by atoms with E-state index in [4.69, 9.17) is 14.2 Å². The van der Waals surface area contributed by atoms with Crippen molar-refractivity contribution in [2.24, 2.45) is 0 Å². The van der Waals surface area contributed by atoms with E-state index in [1.165, 1.54) is 34.1 Å². The fourth-order valence-corrected chi connectivity index (χ4v) is 7.34. The van der Waals surface area contributed by atoms with E-state index in [1.54, 1.807) is 38.1 Å². The summed E-state index contributed by atoms with van der Waals surface area (Å²) in [5.74, 6) is -0.807. The van der Waals surface area contributed by atoms with E-state index >= 15 is 0 Å². The molecule has 1 heterocycles. The lowest BCUT2D eigenvalue weighted by Gasteiger charge is -2.28. The SMILES string of the molecule is CCC(NS(=O)(=O)c1ccc(C)cc1)C(=O)N1CCOCCOCCN(C(=O)C(CC)NS(=O)(=O)c2ccc(C)cc2)CCOCC1. The van der Waals surface area contributed by atoms with Crippen LogP contribution >= 0.6 is 0 Å². The highest BCUT2D eigenvalue weighted by molar-refractivity contribution is 7.89. The van der Waals surface area contributed by atoms with Crippen molar-refractivity contribution in [1.29, 1.82) is 0 Å². The highest BCUT2D eigenvalue weighted by Gasteiger charge is 2.30. The molecule has 1 aliphatic rings. The third kappa shape index (κ3) is 11.9. The van der Waals surface area contributed by atoms with Gasteiger partial charge in [0, 0.05) is 26.2 Å². The first-order valence-electron chi connectivity index (χ1n) is 15.9. The number of sulfonamides is 2. The monoisotopic (exact) mass is 696 g/mol. The lowest BCUT2D eigenvalue weighted by atomic mass is 10.2. The number of benzene rings is 2. The zero-order chi connectivity index (χ0) is 34.5. The lowest BCUT2D eigenvalue weighted by molar-refractivity contribution is -0.134. The van der Waals surface area contributed by atoms with Gasteiger partial charge in [0.15, 0.2) is 0 Å². The summed E-state index contributed by atoms with van der Waals surface area (Å²) in [5, 5.41) is 0. The Morgan fingerprint density at radius 2 is 0.894 bits per heavy atom. The van der Waals surface area contributed by atoms with Crippen LogP contribution in [0.15, 0.2) is 58.3 Å². The Balaban J connectivity index is 1.64. The average Bonchev–Trinajstić information content (AvgIpc) is 3.05. The van der Waals surface area contributed by atoms with Gasteiger partial charge in [-0.2, -0.15) is 9.44 Å². The summed E-state index contributed by atoms with van der Waals surface area (Å²) in [6, 6.07) is 10.8. The first-order chi connectivity index (χ1) is 22.4. The molecule has 2 unspecified atom stereocenters. The van der Waals surface area contributed by atoms with Crippen molar-refractivity contribution in [2.75, 3.05) is 65.8 Å².